The molecule has 6 heteroatoms. The maximum atomic E-state index is 12.9. The highest BCUT2D eigenvalue weighted by Crippen LogP contribution is 2.25. The monoisotopic (exact) mass is 364 g/mol. The molecule has 2 heterocycles. The average molecular weight is 365 g/mol. The van der Waals surface area contributed by atoms with E-state index < -0.39 is 9.84 Å². The Labute approximate surface area is 150 Å². The van der Waals surface area contributed by atoms with Crippen LogP contribution in [-0.2, 0) is 21.2 Å². The van der Waals surface area contributed by atoms with Crippen LogP contribution in [0.1, 0.15) is 31.7 Å². The maximum Gasteiger partial charge on any atom is 0.226 e. The molecule has 2 aliphatic heterocycles. The van der Waals surface area contributed by atoms with Gasteiger partial charge < -0.3 is 4.90 Å². The molecule has 2 aliphatic rings. The number of likely N-dealkylation sites (tertiary alicyclic amines) is 1. The molecule has 1 atom stereocenters. The van der Waals surface area contributed by atoms with E-state index in [2.05, 4.69) is 29.2 Å². The van der Waals surface area contributed by atoms with Crippen LogP contribution in [0.25, 0.3) is 0 Å². The van der Waals surface area contributed by atoms with Crippen LogP contribution < -0.4 is 0 Å². The molecule has 2 fully saturated rings. The molecule has 0 aromatic heterocycles. The van der Waals surface area contributed by atoms with E-state index in [-0.39, 0.29) is 29.4 Å². The van der Waals surface area contributed by atoms with Crippen LogP contribution in [0.4, 0.5) is 0 Å². The molecular formula is C19H28N2O3S. The highest BCUT2D eigenvalue weighted by atomic mass is 32.2. The fourth-order valence-corrected chi connectivity index (χ4v) is 5.76. The van der Waals surface area contributed by atoms with Crippen LogP contribution in [0.2, 0.25) is 0 Å². The summed E-state index contributed by atoms with van der Waals surface area (Å²) in [5, 5.41) is 0. The summed E-state index contributed by atoms with van der Waals surface area (Å²) < 4.78 is 23.5. The molecule has 138 valence electrons. The number of sulfone groups is 1. The number of carbonyl (C=O) groups is 1. The van der Waals surface area contributed by atoms with Crippen molar-refractivity contribution in [1.29, 1.82) is 0 Å². The molecule has 1 aromatic rings. The first-order valence-corrected chi connectivity index (χ1v) is 11.1. The standard InChI is InChI=1S/C19H28N2O3S/c1-2-21(18-10-13-25(23,24)15-18)19(22)17-8-11-20(12-9-17)14-16-6-4-3-5-7-16/h3-7,17-18H,2,8-15H2,1H3. The van der Waals surface area contributed by atoms with E-state index in [1.165, 1.54) is 5.56 Å². The number of hydrogen-bond acceptors (Lipinski definition) is 4. The molecule has 0 bridgehead atoms. The van der Waals surface area contributed by atoms with E-state index in [9.17, 15) is 13.2 Å². The third kappa shape index (κ3) is 4.61. The van der Waals surface area contributed by atoms with Crippen LogP contribution in [0.15, 0.2) is 30.3 Å². The average Bonchev–Trinajstić information content (AvgIpc) is 2.97. The van der Waals surface area contributed by atoms with Gasteiger partial charge in [-0.3, -0.25) is 9.69 Å². The van der Waals surface area contributed by atoms with Crippen molar-refractivity contribution in [3.05, 3.63) is 35.9 Å². The second kappa shape index (κ2) is 7.87. The lowest BCUT2D eigenvalue weighted by atomic mass is 9.94. The van der Waals surface area contributed by atoms with Gasteiger partial charge in [-0.2, -0.15) is 0 Å². The van der Waals surface area contributed by atoms with Gasteiger partial charge in [-0.1, -0.05) is 30.3 Å². The molecule has 3 rings (SSSR count). The zero-order valence-corrected chi connectivity index (χ0v) is 15.7. The zero-order chi connectivity index (χ0) is 17.9. The largest absolute Gasteiger partial charge is 0.339 e. The highest BCUT2D eigenvalue weighted by Gasteiger charge is 2.37. The van der Waals surface area contributed by atoms with Crippen molar-refractivity contribution in [3.8, 4) is 0 Å². The minimum atomic E-state index is -2.96. The molecule has 2 saturated heterocycles. The number of carbonyl (C=O) groups excluding carboxylic acids is 1. The lowest BCUT2D eigenvalue weighted by Crippen LogP contribution is -2.47. The summed E-state index contributed by atoms with van der Waals surface area (Å²) in [6.45, 7) is 5.33. The normalized spacial score (nSPS) is 24.3. The fourth-order valence-electron chi connectivity index (χ4n) is 4.03. The van der Waals surface area contributed by atoms with Gasteiger partial charge in [-0.05, 0) is 44.8 Å². The third-order valence-corrected chi connectivity index (χ3v) is 7.21. The smallest absolute Gasteiger partial charge is 0.226 e. The van der Waals surface area contributed by atoms with Crippen LogP contribution in [0.3, 0.4) is 0 Å². The molecular weight excluding hydrogens is 336 g/mol. The predicted molar refractivity (Wildman–Crippen MR) is 98.9 cm³/mol. The quantitative estimate of drug-likeness (QED) is 0.801. The first-order chi connectivity index (χ1) is 12.0. The number of hydrogen-bond donors (Lipinski definition) is 0. The van der Waals surface area contributed by atoms with Gasteiger partial charge >= 0.3 is 0 Å². The van der Waals surface area contributed by atoms with Gasteiger partial charge in [-0.25, -0.2) is 8.42 Å². The van der Waals surface area contributed by atoms with E-state index in [1.54, 1.807) is 0 Å². The van der Waals surface area contributed by atoms with Gasteiger partial charge in [0.1, 0.15) is 0 Å². The fraction of sp³-hybridized carbons (Fsp3) is 0.632. The zero-order valence-electron chi connectivity index (χ0n) is 14.9. The summed E-state index contributed by atoms with van der Waals surface area (Å²) in [7, 11) is -2.96. The number of nitrogens with zero attached hydrogens (tertiary/aromatic N) is 2. The Balaban J connectivity index is 1.53. The van der Waals surface area contributed by atoms with Crippen molar-refractivity contribution in [3.63, 3.8) is 0 Å². The van der Waals surface area contributed by atoms with E-state index in [0.29, 0.717) is 13.0 Å². The summed E-state index contributed by atoms with van der Waals surface area (Å²) in [4.78, 5) is 17.1. The molecule has 0 radical (unpaired) electrons. The van der Waals surface area contributed by atoms with Crippen LogP contribution >= 0.6 is 0 Å². The van der Waals surface area contributed by atoms with Crippen molar-refractivity contribution in [1.82, 2.24) is 9.80 Å². The van der Waals surface area contributed by atoms with Crippen LogP contribution in [-0.4, -0.2) is 61.3 Å². The van der Waals surface area contributed by atoms with Gasteiger partial charge in [0.05, 0.1) is 11.5 Å². The topological polar surface area (TPSA) is 57.7 Å². The van der Waals surface area contributed by atoms with Gasteiger partial charge in [0.2, 0.25) is 5.91 Å². The lowest BCUT2D eigenvalue weighted by molar-refractivity contribution is -0.138. The molecule has 1 aromatic carbocycles. The molecule has 1 amide bonds. The van der Waals surface area contributed by atoms with Crippen LogP contribution in [0.5, 0.6) is 0 Å². The Bertz CT molecular complexity index is 682. The van der Waals surface area contributed by atoms with Crippen LogP contribution in [0, 0.1) is 5.92 Å². The summed E-state index contributed by atoms with van der Waals surface area (Å²) in [6, 6.07) is 10.3. The number of amides is 1. The Morgan fingerprint density at radius 3 is 2.40 bits per heavy atom. The summed E-state index contributed by atoms with van der Waals surface area (Å²) in [6.07, 6.45) is 2.32. The van der Waals surface area contributed by atoms with Crippen molar-refractivity contribution in [2.75, 3.05) is 31.1 Å². The minimum Gasteiger partial charge on any atom is -0.339 e. The molecule has 0 saturated carbocycles. The van der Waals surface area contributed by atoms with Gasteiger partial charge in [0, 0.05) is 25.0 Å². The molecule has 0 spiro atoms. The summed E-state index contributed by atoms with van der Waals surface area (Å²) in [5.74, 6) is 0.551. The molecule has 0 aliphatic carbocycles. The third-order valence-electron chi connectivity index (χ3n) is 5.46. The molecule has 1 unspecified atom stereocenters. The summed E-state index contributed by atoms with van der Waals surface area (Å²) in [5.41, 5.74) is 1.30. The Morgan fingerprint density at radius 2 is 1.84 bits per heavy atom. The molecule has 0 N–H and O–H groups in total. The van der Waals surface area contributed by atoms with Gasteiger partial charge in [0.15, 0.2) is 9.84 Å². The Kier molecular flexibility index (Phi) is 5.79. The second-order valence-corrected chi connectivity index (χ2v) is 9.45. The van der Waals surface area contributed by atoms with Crippen molar-refractivity contribution in [2.45, 2.75) is 38.8 Å². The van der Waals surface area contributed by atoms with E-state index in [4.69, 9.17) is 0 Å². The molecule has 5 nitrogen and oxygen atoms in total. The van der Waals surface area contributed by atoms with Gasteiger partial charge in [-0.15, -0.1) is 0 Å². The SMILES string of the molecule is CCN(C(=O)C1CCN(Cc2ccccc2)CC1)C1CCS(=O)(=O)C1. The Hall–Kier alpha value is -1.40. The van der Waals surface area contributed by atoms with Gasteiger partial charge in [0.25, 0.3) is 0 Å². The predicted octanol–water partition coefficient (Wildman–Crippen LogP) is 1.93. The van der Waals surface area contributed by atoms with Crippen molar-refractivity contribution < 1.29 is 13.2 Å². The first-order valence-electron chi connectivity index (χ1n) is 9.25. The second-order valence-electron chi connectivity index (χ2n) is 7.22. The highest BCUT2D eigenvalue weighted by molar-refractivity contribution is 7.91. The minimum absolute atomic E-state index is 0.0373. The number of benzene rings is 1. The van der Waals surface area contributed by atoms with Crippen molar-refractivity contribution in [2.24, 2.45) is 5.92 Å². The maximum absolute atomic E-state index is 12.9. The summed E-state index contributed by atoms with van der Waals surface area (Å²) >= 11 is 0. The van der Waals surface area contributed by atoms with E-state index >= 15 is 0 Å². The molecule has 25 heavy (non-hydrogen) atoms. The first kappa shape index (κ1) is 18.4. The van der Waals surface area contributed by atoms with E-state index in [0.717, 1.165) is 32.5 Å². The van der Waals surface area contributed by atoms with Crippen molar-refractivity contribution >= 4 is 15.7 Å². The number of rotatable bonds is 5. The number of piperidine rings is 1. The lowest BCUT2D eigenvalue weighted by Gasteiger charge is -2.36. The van der Waals surface area contributed by atoms with E-state index in [1.807, 2.05) is 17.9 Å². The Morgan fingerprint density at radius 1 is 1.16 bits per heavy atom.